The van der Waals surface area contributed by atoms with Gasteiger partial charge in [0, 0.05) is 0 Å². The first kappa shape index (κ1) is 17.6. The van der Waals surface area contributed by atoms with Gasteiger partial charge in [-0.1, -0.05) is 12.1 Å². The summed E-state index contributed by atoms with van der Waals surface area (Å²) in [6.45, 7) is 5.11. The Morgan fingerprint density at radius 3 is 2.48 bits per heavy atom. The van der Waals surface area contributed by atoms with Crippen LogP contribution in [-0.2, 0) is 19.1 Å². The van der Waals surface area contributed by atoms with Crippen molar-refractivity contribution in [1.29, 1.82) is 0 Å². The second kappa shape index (κ2) is 6.96. The Bertz CT molecular complexity index is 707. The van der Waals surface area contributed by atoms with Crippen molar-refractivity contribution < 1.29 is 19.1 Å². The standard InChI is InChI=1S/C19H24N2O4/c1-12-4-5-13(2)15(10-12)21-17(22)11-16(18(21)23)20-8-6-14(7-9-20)19(24)25-3/h4-5,10,14,16H,6-9,11H2,1-3H3/t16-/m1/s1. The molecule has 1 atom stereocenters. The lowest BCUT2D eigenvalue weighted by molar-refractivity contribution is -0.147. The molecule has 2 fully saturated rings. The molecule has 0 bridgehead atoms. The molecule has 6 nitrogen and oxygen atoms in total. The number of ether oxygens (including phenoxy) is 1. The first-order valence-corrected chi connectivity index (χ1v) is 8.68. The smallest absolute Gasteiger partial charge is 0.308 e. The first-order chi connectivity index (χ1) is 11.9. The molecule has 0 aliphatic carbocycles. The summed E-state index contributed by atoms with van der Waals surface area (Å²) in [6.07, 6.45) is 1.53. The molecular formula is C19H24N2O4. The number of amides is 2. The predicted molar refractivity (Wildman–Crippen MR) is 93.1 cm³/mol. The number of anilines is 1. The van der Waals surface area contributed by atoms with Crippen LogP contribution in [0, 0.1) is 19.8 Å². The molecule has 0 unspecified atom stereocenters. The van der Waals surface area contributed by atoms with Gasteiger partial charge in [-0.15, -0.1) is 0 Å². The lowest BCUT2D eigenvalue weighted by Crippen LogP contribution is -2.47. The maximum Gasteiger partial charge on any atom is 0.308 e. The van der Waals surface area contributed by atoms with E-state index in [0.29, 0.717) is 31.6 Å². The van der Waals surface area contributed by atoms with E-state index in [-0.39, 0.29) is 30.1 Å². The van der Waals surface area contributed by atoms with Crippen molar-refractivity contribution in [3.05, 3.63) is 29.3 Å². The van der Waals surface area contributed by atoms with Gasteiger partial charge < -0.3 is 4.74 Å². The van der Waals surface area contributed by atoms with Crippen LogP contribution in [0.4, 0.5) is 5.69 Å². The van der Waals surface area contributed by atoms with Crippen LogP contribution < -0.4 is 4.90 Å². The number of imide groups is 1. The number of rotatable bonds is 3. The topological polar surface area (TPSA) is 66.9 Å². The zero-order valence-corrected chi connectivity index (χ0v) is 14.9. The quantitative estimate of drug-likeness (QED) is 0.618. The molecule has 2 aliphatic rings. The van der Waals surface area contributed by atoms with Crippen molar-refractivity contribution in [2.45, 2.75) is 39.2 Å². The van der Waals surface area contributed by atoms with E-state index in [1.165, 1.54) is 12.0 Å². The Balaban J connectivity index is 1.74. The molecule has 0 radical (unpaired) electrons. The molecular weight excluding hydrogens is 320 g/mol. The van der Waals surface area contributed by atoms with Crippen molar-refractivity contribution in [3.8, 4) is 0 Å². The van der Waals surface area contributed by atoms with Crippen LogP contribution in [0.2, 0.25) is 0 Å². The summed E-state index contributed by atoms with van der Waals surface area (Å²) in [4.78, 5) is 40.5. The van der Waals surface area contributed by atoms with Gasteiger partial charge in [0.2, 0.25) is 5.91 Å². The number of hydrogen-bond donors (Lipinski definition) is 0. The summed E-state index contributed by atoms with van der Waals surface area (Å²) in [5.41, 5.74) is 2.61. The van der Waals surface area contributed by atoms with Crippen LogP contribution in [0.3, 0.4) is 0 Å². The van der Waals surface area contributed by atoms with Gasteiger partial charge in [0.05, 0.1) is 31.2 Å². The fourth-order valence-corrected chi connectivity index (χ4v) is 3.73. The van der Waals surface area contributed by atoms with Crippen molar-refractivity contribution in [1.82, 2.24) is 4.90 Å². The minimum Gasteiger partial charge on any atom is -0.469 e. The van der Waals surface area contributed by atoms with Crippen molar-refractivity contribution >= 4 is 23.5 Å². The monoisotopic (exact) mass is 344 g/mol. The molecule has 0 aromatic heterocycles. The van der Waals surface area contributed by atoms with E-state index in [1.807, 2.05) is 36.9 Å². The average molecular weight is 344 g/mol. The molecule has 134 valence electrons. The minimum atomic E-state index is -0.425. The third-order valence-corrected chi connectivity index (χ3v) is 5.23. The van der Waals surface area contributed by atoms with Gasteiger partial charge in [-0.05, 0) is 57.0 Å². The molecule has 6 heteroatoms. The molecule has 2 amide bonds. The highest BCUT2D eigenvalue weighted by Gasteiger charge is 2.44. The number of carbonyl (C=O) groups is 3. The number of piperidine rings is 1. The Labute approximate surface area is 147 Å². The van der Waals surface area contributed by atoms with E-state index in [0.717, 1.165) is 11.1 Å². The highest BCUT2D eigenvalue weighted by molar-refractivity contribution is 6.22. The van der Waals surface area contributed by atoms with Gasteiger partial charge in [0.15, 0.2) is 0 Å². The lowest BCUT2D eigenvalue weighted by Gasteiger charge is -2.33. The van der Waals surface area contributed by atoms with Crippen LogP contribution in [0.1, 0.15) is 30.4 Å². The fraction of sp³-hybridized carbons (Fsp3) is 0.526. The average Bonchev–Trinajstić information content (AvgIpc) is 2.91. The lowest BCUT2D eigenvalue weighted by atomic mass is 9.95. The molecule has 25 heavy (non-hydrogen) atoms. The van der Waals surface area contributed by atoms with Crippen molar-refractivity contribution in [3.63, 3.8) is 0 Å². The van der Waals surface area contributed by atoms with E-state index < -0.39 is 6.04 Å². The number of esters is 1. The third kappa shape index (κ3) is 3.31. The van der Waals surface area contributed by atoms with Crippen LogP contribution in [0.15, 0.2) is 18.2 Å². The molecule has 2 aliphatic heterocycles. The van der Waals surface area contributed by atoms with Crippen LogP contribution in [0.5, 0.6) is 0 Å². The largest absolute Gasteiger partial charge is 0.469 e. The zero-order chi connectivity index (χ0) is 18.1. The molecule has 3 rings (SSSR count). The fourth-order valence-electron chi connectivity index (χ4n) is 3.73. The zero-order valence-electron chi connectivity index (χ0n) is 14.9. The molecule has 1 aromatic rings. The van der Waals surface area contributed by atoms with Crippen LogP contribution >= 0.6 is 0 Å². The summed E-state index contributed by atoms with van der Waals surface area (Å²) in [6, 6.07) is 5.36. The van der Waals surface area contributed by atoms with Gasteiger partial charge in [0.25, 0.3) is 5.91 Å². The number of methoxy groups -OCH3 is 1. The number of benzene rings is 1. The van der Waals surface area contributed by atoms with Gasteiger partial charge in [-0.3, -0.25) is 19.3 Å². The number of nitrogens with zero attached hydrogens (tertiary/aromatic N) is 2. The highest BCUT2D eigenvalue weighted by Crippen LogP contribution is 2.31. The number of likely N-dealkylation sites (tertiary alicyclic amines) is 1. The first-order valence-electron chi connectivity index (χ1n) is 8.68. The third-order valence-electron chi connectivity index (χ3n) is 5.23. The van der Waals surface area contributed by atoms with E-state index >= 15 is 0 Å². The summed E-state index contributed by atoms with van der Waals surface area (Å²) >= 11 is 0. The molecule has 1 aromatic carbocycles. The summed E-state index contributed by atoms with van der Waals surface area (Å²) in [7, 11) is 1.40. The number of aryl methyl sites for hydroxylation is 2. The highest BCUT2D eigenvalue weighted by atomic mass is 16.5. The van der Waals surface area contributed by atoms with Crippen LogP contribution in [-0.4, -0.2) is 48.9 Å². The number of hydrogen-bond acceptors (Lipinski definition) is 5. The SMILES string of the molecule is COC(=O)C1CCN([C@@H]2CC(=O)N(c3cc(C)ccc3C)C2=O)CC1. The van der Waals surface area contributed by atoms with E-state index in [2.05, 4.69) is 0 Å². The van der Waals surface area contributed by atoms with Gasteiger partial charge >= 0.3 is 5.97 Å². The van der Waals surface area contributed by atoms with E-state index in [1.54, 1.807) is 0 Å². The minimum absolute atomic E-state index is 0.108. The second-order valence-electron chi connectivity index (χ2n) is 6.91. The van der Waals surface area contributed by atoms with E-state index in [9.17, 15) is 14.4 Å². The van der Waals surface area contributed by atoms with Gasteiger partial charge in [-0.2, -0.15) is 0 Å². The summed E-state index contributed by atoms with van der Waals surface area (Å²) < 4.78 is 4.80. The molecule has 2 heterocycles. The maximum atomic E-state index is 12.9. The van der Waals surface area contributed by atoms with Crippen molar-refractivity contribution in [2.75, 3.05) is 25.1 Å². The normalized spacial score (nSPS) is 22.5. The van der Waals surface area contributed by atoms with Crippen molar-refractivity contribution in [2.24, 2.45) is 5.92 Å². The Morgan fingerprint density at radius 1 is 1.16 bits per heavy atom. The second-order valence-corrected chi connectivity index (χ2v) is 6.91. The van der Waals surface area contributed by atoms with Gasteiger partial charge in [0.1, 0.15) is 0 Å². The Morgan fingerprint density at radius 2 is 1.84 bits per heavy atom. The molecule has 0 saturated carbocycles. The predicted octanol–water partition coefficient (Wildman–Crippen LogP) is 1.82. The summed E-state index contributed by atoms with van der Waals surface area (Å²) in [5.74, 6) is -0.608. The summed E-state index contributed by atoms with van der Waals surface area (Å²) in [5, 5.41) is 0. The molecule has 0 spiro atoms. The Hall–Kier alpha value is -2.21. The van der Waals surface area contributed by atoms with Gasteiger partial charge in [-0.25, -0.2) is 4.90 Å². The Kier molecular flexibility index (Phi) is 4.90. The molecule has 2 saturated heterocycles. The van der Waals surface area contributed by atoms with E-state index in [4.69, 9.17) is 4.74 Å². The van der Waals surface area contributed by atoms with Crippen LogP contribution in [0.25, 0.3) is 0 Å². The maximum absolute atomic E-state index is 12.9. The number of carbonyl (C=O) groups excluding carboxylic acids is 3. The molecule has 0 N–H and O–H groups in total.